The number of carboxylic acid groups (broad SMARTS) is 1. The van der Waals surface area contributed by atoms with E-state index in [1.165, 1.54) is 0 Å². The fourth-order valence-corrected chi connectivity index (χ4v) is 1.74. The number of aliphatic carboxylic acids is 1. The van der Waals surface area contributed by atoms with E-state index >= 15 is 0 Å². The summed E-state index contributed by atoms with van der Waals surface area (Å²) in [5, 5.41) is 13.0. The Hall–Kier alpha value is -1.32. The summed E-state index contributed by atoms with van der Waals surface area (Å²) in [5.41, 5.74) is 0.696. The molecule has 1 fully saturated rings. The van der Waals surface area contributed by atoms with Gasteiger partial charge in [-0.1, -0.05) is 0 Å². The van der Waals surface area contributed by atoms with Crippen LogP contribution in [0.5, 0.6) is 0 Å². The molecule has 1 saturated carbocycles. The Bertz CT molecular complexity index is 353. The number of carbonyl (C=O) groups is 1. The topological polar surface area (TPSA) is 55.1 Å². The molecular weight excluding hydrogens is 180 g/mol. The van der Waals surface area contributed by atoms with Crippen LogP contribution in [0.25, 0.3) is 0 Å². The Balaban J connectivity index is 1.95. The van der Waals surface area contributed by atoms with Gasteiger partial charge in [-0.3, -0.25) is 9.48 Å². The van der Waals surface area contributed by atoms with E-state index in [9.17, 15) is 4.79 Å². The summed E-state index contributed by atoms with van der Waals surface area (Å²) in [6.45, 7) is 0. The van der Waals surface area contributed by atoms with Gasteiger partial charge in [0.25, 0.3) is 0 Å². The van der Waals surface area contributed by atoms with Crippen molar-refractivity contribution < 1.29 is 9.90 Å². The zero-order valence-electron chi connectivity index (χ0n) is 8.23. The van der Waals surface area contributed by atoms with E-state index in [1.807, 2.05) is 13.1 Å². The largest absolute Gasteiger partial charge is 0.481 e. The van der Waals surface area contributed by atoms with Crippen molar-refractivity contribution in [3.05, 3.63) is 18.0 Å². The highest BCUT2D eigenvalue weighted by atomic mass is 16.4. The summed E-state index contributed by atoms with van der Waals surface area (Å²) in [7, 11) is 1.88. The van der Waals surface area contributed by atoms with E-state index in [0.29, 0.717) is 0 Å². The van der Waals surface area contributed by atoms with E-state index in [1.54, 1.807) is 10.9 Å². The minimum Gasteiger partial charge on any atom is -0.481 e. The summed E-state index contributed by atoms with van der Waals surface area (Å²) in [6.07, 6.45) is 4.96. The summed E-state index contributed by atoms with van der Waals surface area (Å²) < 4.78 is 1.80. The fourth-order valence-electron chi connectivity index (χ4n) is 1.74. The van der Waals surface area contributed by atoms with Crippen LogP contribution in [-0.2, 0) is 18.3 Å². The molecule has 0 atom stereocenters. The Morgan fingerprint density at radius 1 is 1.71 bits per heavy atom. The van der Waals surface area contributed by atoms with Crippen molar-refractivity contribution in [1.29, 1.82) is 0 Å². The molecule has 0 radical (unpaired) electrons. The van der Waals surface area contributed by atoms with Gasteiger partial charge in [0.05, 0.1) is 5.41 Å². The standard InChI is InChI=1S/C10H14N2O2/c1-12-8(3-7-11-12)2-4-10(5-6-10)9(13)14/h3,7H,2,4-6H2,1H3,(H,13,14). The molecule has 0 saturated heterocycles. The first-order valence-electron chi connectivity index (χ1n) is 4.84. The number of aryl methyl sites for hydroxylation is 2. The third-order valence-corrected chi connectivity index (χ3v) is 3.09. The molecule has 1 heterocycles. The predicted molar refractivity (Wildman–Crippen MR) is 50.8 cm³/mol. The lowest BCUT2D eigenvalue weighted by Gasteiger charge is -2.08. The SMILES string of the molecule is Cn1nccc1CCC1(C(=O)O)CC1. The van der Waals surface area contributed by atoms with E-state index in [0.717, 1.165) is 31.4 Å². The lowest BCUT2D eigenvalue weighted by atomic mass is 9.99. The molecular formula is C10H14N2O2. The Morgan fingerprint density at radius 3 is 2.86 bits per heavy atom. The Morgan fingerprint density at radius 2 is 2.43 bits per heavy atom. The molecule has 0 amide bonds. The van der Waals surface area contributed by atoms with Crippen LogP contribution in [0, 0.1) is 5.41 Å². The van der Waals surface area contributed by atoms with Gasteiger partial charge in [0.1, 0.15) is 0 Å². The van der Waals surface area contributed by atoms with Gasteiger partial charge < -0.3 is 5.11 Å². The lowest BCUT2D eigenvalue weighted by molar-refractivity contribution is -0.143. The summed E-state index contributed by atoms with van der Waals surface area (Å²) in [4.78, 5) is 10.9. The molecule has 1 aromatic rings. The first kappa shape index (κ1) is 9.24. The van der Waals surface area contributed by atoms with Gasteiger partial charge in [0.2, 0.25) is 0 Å². The molecule has 1 aliphatic rings. The maximum Gasteiger partial charge on any atom is 0.309 e. The van der Waals surface area contributed by atoms with Crippen LogP contribution in [-0.4, -0.2) is 20.9 Å². The number of rotatable bonds is 4. The summed E-state index contributed by atoms with van der Waals surface area (Å²) in [6, 6.07) is 1.94. The van der Waals surface area contributed by atoms with Crippen molar-refractivity contribution in [1.82, 2.24) is 9.78 Å². The molecule has 2 rings (SSSR count). The van der Waals surface area contributed by atoms with Gasteiger partial charge in [0.15, 0.2) is 0 Å². The average Bonchev–Trinajstić information content (AvgIpc) is 2.83. The van der Waals surface area contributed by atoms with Crippen molar-refractivity contribution in [2.45, 2.75) is 25.7 Å². The molecule has 0 bridgehead atoms. The minimum atomic E-state index is -0.639. The molecule has 0 spiro atoms. The quantitative estimate of drug-likeness (QED) is 0.784. The molecule has 76 valence electrons. The van der Waals surface area contributed by atoms with E-state index in [2.05, 4.69) is 5.10 Å². The van der Waals surface area contributed by atoms with Crippen molar-refractivity contribution in [2.24, 2.45) is 12.5 Å². The average molecular weight is 194 g/mol. The van der Waals surface area contributed by atoms with Crippen LogP contribution in [0.15, 0.2) is 12.3 Å². The second-order valence-corrected chi connectivity index (χ2v) is 4.03. The molecule has 1 aromatic heterocycles. The first-order valence-corrected chi connectivity index (χ1v) is 4.84. The van der Waals surface area contributed by atoms with Crippen molar-refractivity contribution >= 4 is 5.97 Å². The lowest BCUT2D eigenvalue weighted by Crippen LogP contribution is -2.16. The summed E-state index contributed by atoms with van der Waals surface area (Å²) in [5.74, 6) is -0.639. The molecule has 1 aliphatic carbocycles. The maximum absolute atomic E-state index is 10.9. The number of nitrogens with zero attached hydrogens (tertiary/aromatic N) is 2. The second kappa shape index (κ2) is 3.12. The highest BCUT2D eigenvalue weighted by Gasteiger charge is 2.49. The van der Waals surface area contributed by atoms with Gasteiger partial charge in [-0.15, -0.1) is 0 Å². The van der Waals surface area contributed by atoms with Crippen molar-refractivity contribution in [3.63, 3.8) is 0 Å². The molecule has 4 nitrogen and oxygen atoms in total. The smallest absolute Gasteiger partial charge is 0.309 e. The first-order chi connectivity index (χ1) is 6.64. The van der Waals surface area contributed by atoms with Crippen LogP contribution in [0.1, 0.15) is 25.0 Å². The highest BCUT2D eigenvalue weighted by Crippen LogP contribution is 2.49. The fraction of sp³-hybridized carbons (Fsp3) is 0.600. The molecule has 0 aliphatic heterocycles. The highest BCUT2D eigenvalue weighted by molar-refractivity contribution is 5.77. The molecule has 4 heteroatoms. The summed E-state index contributed by atoms with van der Waals surface area (Å²) >= 11 is 0. The van der Waals surface area contributed by atoms with E-state index in [-0.39, 0.29) is 0 Å². The molecule has 0 aromatic carbocycles. The normalized spacial score (nSPS) is 18.1. The van der Waals surface area contributed by atoms with Crippen LogP contribution < -0.4 is 0 Å². The van der Waals surface area contributed by atoms with E-state index in [4.69, 9.17) is 5.11 Å². The molecule has 14 heavy (non-hydrogen) atoms. The number of carboxylic acids is 1. The zero-order valence-corrected chi connectivity index (χ0v) is 8.23. The van der Waals surface area contributed by atoms with Crippen LogP contribution >= 0.6 is 0 Å². The third kappa shape index (κ3) is 1.52. The number of aromatic nitrogens is 2. The van der Waals surface area contributed by atoms with E-state index < -0.39 is 11.4 Å². The van der Waals surface area contributed by atoms with Gasteiger partial charge >= 0.3 is 5.97 Å². The maximum atomic E-state index is 10.9. The number of hydrogen-bond acceptors (Lipinski definition) is 2. The van der Waals surface area contributed by atoms with Gasteiger partial charge in [0, 0.05) is 18.9 Å². The van der Waals surface area contributed by atoms with Gasteiger partial charge in [-0.25, -0.2) is 0 Å². The third-order valence-electron chi connectivity index (χ3n) is 3.09. The Kier molecular flexibility index (Phi) is 2.06. The second-order valence-electron chi connectivity index (χ2n) is 4.03. The van der Waals surface area contributed by atoms with Crippen molar-refractivity contribution in [2.75, 3.05) is 0 Å². The van der Waals surface area contributed by atoms with Crippen LogP contribution in [0.4, 0.5) is 0 Å². The molecule has 1 N–H and O–H groups in total. The van der Waals surface area contributed by atoms with Crippen LogP contribution in [0.2, 0.25) is 0 Å². The Labute approximate surface area is 82.5 Å². The van der Waals surface area contributed by atoms with Crippen molar-refractivity contribution in [3.8, 4) is 0 Å². The van der Waals surface area contributed by atoms with Gasteiger partial charge in [-0.2, -0.15) is 5.10 Å². The minimum absolute atomic E-state index is 0.412. The van der Waals surface area contributed by atoms with Crippen LogP contribution in [0.3, 0.4) is 0 Å². The molecule has 0 unspecified atom stereocenters. The predicted octanol–water partition coefficient (Wildman–Crippen LogP) is 1.22. The number of hydrogen-bond donors (Lipinski definition) is 1. The zero-order chi connectivity index (χ0) is 10.2. The monoisotopic (exact) mass is 194 g/mol. The van der Waals surface area contributed by atoms with Gasteiger partial charge in [-0.05, 0) is 31.7 Å².